The van der Waals surface area contributed by atoms with Gasteiger partial charge in [-0.2, -0.15) is 0 Å². The number of nitrogens with zero attached hydrogens (tertiary/aromatic N) is 1. The molecular formula is C8H11NOS. The number of pyridine rings is 1. The first-order chi connectivity index (χ1) is 5.24. The van der Waals surface area contributed by atoms with E-state index in [0.717, 1.165) is 4.51 Å². The van der Waals surface area contributed by atoms with Crippen LogP contribution in [0.5, 0.6) is 0 Å². The smallest absolute Gasteiger partial charge is 0.0636 e. The van der Waals surface area contributed by atoms with Crippen molar-refractivity contribution < 1.29 is 5.11 Å². The van der Waals surface area contributed by atoms with Gasteiger partial charge in [-0.25, -0.2) is 0 Å². The van der Waals surface area contributed by atoms with Crippen molar-refractivity contribution >= 4 is 12.2 Å². The first-order valence-corrected chi connectivity index (χ1v) is 3.93. The molecule has 2 nitrogen and oxygen atoms in total. The van der Waals surface area contributed by atoms with Crippen LogP contribution in [-0.2, 0) is 0 Å². The van der Waals surface area contributed by atoms with Crippen molar-refractivity contribution in [2.45, 2.75) is 13.0 Å². The minimum Gasteiger partial charge on any atom is -0.394 e. The highest BCUT2D eigenvalue weighted by molar-refractivity contribution is 7.71. The minimum absolute atomic E-state index is 0.130. The summed E-state index contributed by atoms with van der Waals surface area (Å²) in [6, 6.07) is 3.83. The summed E-state index contributed by atoms with van der Waals surface area (Å²) >= 11 is 4.92. The topological polar surface area (TPSA) is 25.2 Å². The van der Waals surface area contributed by atoms with E-state index >= 15 is 0 Å². The van der Waals surface area contributed by atoms with E-state index < -0.39 is 0 Å². The molecule has 0 aliphatic rings. The van der Waals surface area contributed by atoms with Crippen LogP contribution in [-0.4, -0.2) is 16.3 Å². The second-order valence-electron chi connectivity index (χ2n) is 2.51. The van der Waals surface area contributed by atoms with Crippen LogP contribution in [0.25, 0.3) is 0 Å². The Morgan fingerprint density at radius 3 is 2.55 bits per heavy atom. The van der Waals surface area contributed by atoms with Crippen LogP contribution in [0.1, 0.15) is 13.0 Å². The standard InChI is InChI=1S/C8H11NOS/c1-7(6-10)9-4-2-8(11)3-5-9/h2-5,7,10H,6H2,1H3/t7-/m0/s1. The quantitative estimate of drug-likeness (QED) is 0.682. The van der Waals surface area contributed by atoms with Crippen LogP contribution < -0.4 is 0 Å². The van der Waals surface area contributed by atoms with Crippen molar-refractivity contribution in [3.8, 4) is 0 Å². The molecule has 1 N–H and O–H groups in total. The van der Waals surface area contributed by atoms with Gasteiger partial charge in [0.05, 0.1) is 12.6 Å². The van der Waals surface area contributed by atoms with Crippen LogP contribution >= 0.6 is 12.2 Å². The van der Waals surface area contributed by atoms with Gasteiger partial charge in [0.1, 0.15) is 0 Å². The van der Waals surface area contributed by atoms with Gasteiger partial charge in [0.2, 0.25) is 0 Å². The highest BCUT2D eigenvalue weighted by Gasteiger charge is 1.97. The van der Waals surface area contributed by atoms with E-state index in [2.05, 4.69) is 0 Å². The Kier molecular flexibility index (Phi) is 2.79. The minimum atomic E-state index is 0.130. The van der Waals surface area contributed by atoms with Gasteiger partial charge in [0.25, 0.3) is 0 Å². The molecule has 0 aliphatic heterocycles. The Bertz CT molecular complexity index is 261. The third kappa shape index (κ3) is 2.13. The summed E-state index contributed by atoms with van der Waals surface area (Å²) < 4.78 is 2.75. The molecule has 0 amide bonds. The monoisotopic (exact) mass is 169 g/mol. The van der Waals surface area contributed by atoms with Crippen molar-refractivity contribution in [3.05, 3.63) is 29.0 Å². The maximum atomic E-state index is 8.81. The molecule has 0 fully saturated rings. The molecule has 0 aromatic carbocycles. The Balaban J connectivity index is 2.89. The number of aliphatic hydroxyl groups is 1. The van der Waals surface area contributed by atoms with Gasteiger partial charge >= 0.3 is 0 Å². The van der Waals surface area contributed by atoms with E-state index in [-0.39, 0.29) is 12.6 Å². The van der Waals surface area contributed by atoms with E-state index in [1.54, 1.807) is 0 Å². The summed E-state index contributed by atoms with van der Waals surface area (Å²) in [5, 5.41) is 8.81. The highest BCUT2D eigenvalue weighted by atomic mass is 32.1. The number of hydrogen-bond acceptors (Lipinski definition) is 2. The Morgan fingerprint density at radius 2 is 2.09 bits per heavy atom. The molecule has 1 aromatic rings. The fourth-order valence-corrected chi connectivity index (χ4v) is 0.934. The lowest BCUT2D eigenvalue weighted by Gasteiger charge is -2.11. The molecule has 1 atom stereocenters. The Morgan fingerprint density at radius 1 is 1.55 bits per heavy atom. The van der Waals surface area contributed by atoms with Crippen LogP contribution in [0.3, 0.4) is 0 Å². The van der Waals surface area contributed by atoms with Gasteiger partial charge in [0, 0.05) is 16.9 Å². The van der Waals surface area contributed by atoms with Gasteiger partial charge in [-0.1, -0.05) is 12.2 Å². The van der Waals surface area contributed by atoms with Gasteiger partial charge in [0.15, 0.2) is 0 Å². The summed E-state index contributed by atoms with van der Waals surface area (Å²) in [7, 11) is 0. The lowest BCUT2D eigenvalue weighted by atomic mass is 10.3. The SMILES string of the molecule is C[C@@H](CO)n1ccc(=S)cc1. The van der Waals surface area contributed by atoms with Gasteiger partial charge in [-0.3, -0.25) is 0 Å². The van der Waals surface area contributed by atoms with Crippen LogP contribution in [0, 0.1) is 4.51 Å². The van der Waals surface area contributed by atoms with E-state index in [1.807, 2.05) is 36.0 Å². The van der Waals surface area contributed by atoms with Crippen LogP contribution in [0.4, 0.5) is 0 Å². The summed E-state index contributed by atoms with van der Waals surface area (Å²) in [5.74, 6) is 0. The van der Waals surface area contributed by atoms with Gasteiger partial charge < -0.3 is 9.67 Å². The average molecular weight is 169 g/mol. The summed E-state index contributed by atoms with van der Waals surface area (Å²) in [5.41, 5.74) is 0. The maximum Gasteiger partial charge on any atom is 0.0636 e. The third-order valence-electron chi connectivity index (χ3n) is 1.60. The first kappa shape index (κ1) is 8.43. The van der Waals surface area contributed by atoms with E-state index in [1.165, 1.54) is 0 Å². The highest BCUT2D eigenvalue weighted by Crippen LogP contribution is 2.03. The normalized spacial score (nSPS) is 12.9. The molecule has 0 saturated carbocycles. The molecule has 0 bridgehead atoms. The zero-order chi connectivity index (χ0) is 8.27. The molecule has 0 radical (unpaired) electrons. The Labute approximate surface area is 71.1 Å². The number of aliphatic hydroxyl groups excluding tert-OH is 1. The molecule has 0 aliphatic carbocycles. The molecule has 60 valence electrons. The van der Waals surface area contributed by atoms with Crippen molar-refractivity contribution in [1.29, 1.82) is 0 Å². The molecular weight excluding hydrogens is 158 g/mol. The predicted molar refractivity (Wildman–Crippen MR) is 47.1 cm³/mol. The van der Waals surface area contributed by atoms with Crippen LogP contribution in [0.15, 0.2) is 24.5 Å². The average Bonchev–Trinajstić information content (AvgIpc) is 2.05. The number of aromatic nitrogens is 1. The second-order valence-corrected chi connectivity index (χ2v) is 2.98. The van der Waals surface area contributed by atoms with E-state index in [9.17, 15) is 0 Å². The van der Waals surface area contributed by atoms with Crippen molar-refractivity contribution in [2.75, 3.05) is 6.61 Å². The fraction of sp³-hybridized carbons (Fsp3) is 0.375. The van der Waals surface area contributed by atoms with E-state index in [0.29, 0.717) is 0 Å². The predicted octanol–water partition coefficient (Wildman–Crippen LogP) is 1.77. The second kappa shape index (κ2) is 3.64. The molecule has 0 unspecified atom stereocenters. The van der Waals surface area contributed by atoms with Crippen molar-refractivity contribution in [1.82, 2.24) is 4.57 Å². The largest absolute Gasteiger partial charge is 0.394 e. The molecule has 1 heterocycles. The van der Waals surface area contributed by atoms with Crippen molar-refractivity contribution in [3.63, 3.8) is 0 Å². The maximum absolute atomic E-state index is 8.81. The summed E-state index contributed by atoms with van der Waals surface area (Å²) in [4.78, 5) is 0. The number of hydrogen-bond donors (Lipinski definition) is 1. The third-order valence-corrected chi connectivity index (χ3v) is 1.87. The van der Waals surface area contributed by atoms with Gasteiger partial charge in [-0.15, -0.1) is 0 Å². The molecule has 11 heavy (non-hydrogen) atoms. The van der Waals surface area contributed by atoms with Crippen LogP contribution in [0.2, 0.25) is 0 Å². The molecule has 0 saturated heterocycles. The molecule has 0 spiro atoms. The lowest BCUT2D eigenvalue weighted by Crippen LogP contribution is -2.08. The zero-order valence-corrected chi connectivity index (χ0v) is 7.21. The zero-order valence-electron chi connectivity index (χ0n) is 6.40. The first-order valence-electron chi connectivity index (χ1n) is 3.52. The Hall–Kier alpha value is -0.670. The summed E-state index contributed by atoms with van der Waals surface area (Å²) in [6.07, 6.45) is 3.76. The molecule has 1 rings (SSSR count). The lowest BCUT2D eigenvalue weighted by molar-refractivity contribution is 0.238. The van der Waals surface area contributed by atoms with Crippen molar-refractivity contribution in [2.24, 2.45) is 0 Å². The fourth-order valence-electron chi connectivity index (χ4n) is 0.812. The van der Waals surface area contributed by atoms with E-state index in [4.69, 9.17) is 17.3 Å². The molecule has 1 aromatic heterocycles. The molecule has 3 heteroatoms. The number of rotatable bonds is 2. The van der Waals surface area contributed by atoms with Gasteiger partial charge in [-0.05, 0) is 19.1 Å². The summed E-state index contributed by atoms with van der Waals surface area (Å²) in [6.45, 7) is 2.10.